The number of hydrogen-bond acceptors (Lipinski definition) is 3. The number of benzene rings is 2. The molecule has 0 saturated carbocycles. The van der Waals surface area contributed by atoms with E-state index in [1.54, 1.807) is 19.2 Å². The Balaban J connectivity index is 1.96. The monoisotopic (exact) mass is 365 g/mol. The molecule has 0 atom stereocenters. The number of fused-ring (bicyclic) bond motifs is 1. The van der Waals surface area contributed by atoms with Gasteiger partial charge in [0, 0.05) is 30.1 Å². The van der Waals surface area contributed by atoms with E-state index in [2.05, 4.69) is 15.6 Å². The van der Waals surface area contributed by atoms with Crippen molar-refractivity contribution in [2.45, 2.75) is 13.8 Å². The van der Waals surface area contributed by atoms with Crippen molar-refractivity contribution < 1.29 is 14.3 Å². The Labute approximate surface area is 157 Å². The largest absolute Gasteiger partial charge is 0.383 e. The number of amides is 2. The number of ether oxygens (including phenoxy) is 1. The van der Waals surface area contributed by atoms with Crippen LogP contribution < -0.4 is 10.6 Å². The van der Waals surface area contributed by atoms with Gasteiger partial charge in [-0.3, -0.25) is 9.59 Å². The zero-order valence-electron chi connectivity index (χ0n) is 15.7. The molecule has 0 bridgehead atoms. The predicted octanol–water partition coefficient (Wildman–Crippen LogP) is 3.41. The van der Waals surface area contributed by atoms with Gasteiger partial charge in [-0.15, -0.1) is 0 Å². The maximum absolute atomic E-state index is 12.7. The summed E-state index contributed by atoms with van der Waals surface area (Å²) in [6.07, 6.45) is 0. The SMILES string of the molecule is COCCNC(=O)c1[nH]c2ccc(C)cc2c1NC(=O)c1ccc(C)cc1. The maximum Gasteiger partial charge on any atom is 0.269 e. The van der Waals surface area contributed by atoms with Crippen molar-refractivity contribution in [3.05, 3.63) is 64.8 Å². The summed E-state index contributed by atoms with van der Waals surface area (Å²) in [5, 5.41) is 6.49. The topological polar surface area (TPSA) is 83.2 Å². The fourth-order valence-corrected chi connectivity index (χ4v) is 2.85. The van der Waals surface area contributed by atoms with Crippen molar-refractivity contribution in [3.63, 3.8) is 0 Å². The van der Waals surface area contributed by atoms with Crippen LogP contribution in [0.25, 0.3) is 10.9 Å². The molecule has 0 aliphatic carbocycles. The Hall–Kier alpha value is -3.12. The van der Waals surface area contributed by atoms with E-state index in [1.165, 1.54) is 0 Å². The molecule has 0 fully saturated rings. The van der Waals surface area contributed by atoms with Crippen molar-refractivity contribution in [2.24, 2.45) is 0 Å². The van der Waals surface area contributed by atoms with Crippen LogP contribution in [0.5, 0.6) is 0 Å². The first-order chi connectivity index (χ1) is 13.0. The average molecular weight is 365 g/mol. The minimum absolute atomic E-state index is 0.261. The lowest BCUT2D eigenvalue weighted by Gasteiger charge is -2.09. The third-order valence-electron chi connectivity index (χ3n) is 4.33. The molecule has 6 heteroatoms. The van der Waals surface area contributed by atoms with Crippen LogP contribution in [0.15, 0.2) is 42.5 Å². The number of carbonyl (C=O) groups is 2. The molecule has 1 heterocycles. The number of rotatable bonds is 6. The van der Waals surface area contributed by atoms with E-state index in [1.807, 2.05) is 44.2 Å². The second-order valence-electron chi connectivity index (χ2n) is 6.49. The first-order valence-corrected chi connectivity index (χ1v) is 8.77. The van der Waals surface area contributed by atoms with Crippen molar-refractivity contribution in [1.82, 2.24) is 10.3 Å². The van der Waals surface area contributed by atoms with Crippen molar-refractivity contribution in [1.29, 1.82) is 0 Å². The minimum Gasteiger partial charge on any atom is -0.383 e. The fourth-order valence-electron chi connectivity index (χ4n) is 2.85. The first kappa shape index (κ1) is 18.7. The van der Waals surface area contributed by atoms with Crippen LogP contribution in [-0.4, -0.2) is 37.1 Å². The number of anilines is 1. The van der Waals surface area contributed by atoms with Gasteiger partial charge in [-0.05, 0) is 38.1 Å². The summed E-state index contributed by atoms with van der Waals surface area (Å²) in [6, 6.07) is 13.1. The van der Waals surface area contributed by atoms with Crippen molar-refractivity contribution in [2.75, 3.05) is 25.6 Å². The highest BCUT2D eigenvalue weighted by Gasteiger charge is 2.20. The van der Waals surface area contributed by atoms with E-state index in [0.29, 0.717) is 30.1 Å². The number of nitrogens with one attached hydrogen (secondary N) is 3. The summed E-state index contributed by atoms with van der Waals surface area (Å²) in [6.45, 7) is 4.73. The Morgan fingerprint density at radius 2 is 1.70 bits per heavy atom. The van der Waals surface area contributed by atoms with Gasteiger partial charge in [-0.1, -0.05) is 29.3 Å². The third-order valence-corrected chi connectivity index (χ3v) is 4.33. The molecule has 3 aromatic rings. The number of aromatic amines is 1. The normalized spacial score (nSPS) is 10.8. The second-order valence-corrected chi connectivity index (χ2v) is 6.49. The highest BCUT2D eigenvalue weighted by Crippen LogP contribution is 2.29. The Morgan fingerprint density at radius 1 is 1.00 bits per heavy atom. The van der Waals surface area contributed by atoms with Crippen LogP contribution in [0.1, 0.15) is 32.0 Å². The number of aromatic nitrogens is 1. The van der Waals surface area contributed by atoms with E-state index >= 15 is 0 Å². The molecular formula is C21H23N3O3. The lowest BCUT2D eigenvalue weighted by molar-refractivity contribution is 0.0934. The summed E-state index contributed by atoms with van der Waals surface area (Å²) >= 11 is 0. The zero-order chi connectivity index (χ0) is 19.4. The average Bonchev–Trinajstić information content (AvgIpc) is 3.00. The molecule has 0 saturated heterocycles. The third kappa shape index (κ3) is 4.17. The van der Waals surface area contributed by atoms with Crippen LogP contribution >= 0.6 is 0 Å². The fraction of sp³-hybridized carbons (Fsp3) is 0.238. The van der Waals surface area contributed by atoms with Gasteiger partial charge in [0.15, 0.2) is 0 Å². The lowest BCUT2D eigenvalue weighted by Crippen LogP contribution is -2.28. The first-order valence-electron chi connectivity index (χ1n) is 8.77. The number of carbonyl (C=O) groups excluding carboxylic acids is 2. The quantitative estimate of drug-likeness (QED) is 0.585. The van der Waals surface area contributed by atoms with Crippen LogP contribution in [0.2, 0.25) is 0 Å². The highest BCUT2D eigenvalue weighted by atomic mass is 16.5. The molecule has 0 aliphatic rings. The summed E-state index contributed by atoms with van der Waals surface area (Å²) in [5.41, 5.74) is 4.25. The van der Waals surface area contributed by atoms with Gasteiger partial charge in [0.25, 0.3) is 11.8 Å². The number of aryl methyl sites for hydroxylation is 2. The second kappa shape index (κ2) is 8.05. The molecule has 0 unspecified atom stereocenters. The van der Waals surface area contributed by atoms with Crippen LogP contribution in [0, 0.1) is 13.8 Å². The van der Waals surface area contributed by atoms with E-state index < -0.39 is 0 Å². The number of methoxy groups -OCH3 is 1. The van der Waals surface area contributed by atoms with Gasteiger partial charge < -0.3 is 20.4 Å². The summed E-state index contributed by atoms with van der Waals surface area (Å²) in [7, 11) is 1.57. The summed E-state index contributed by atoms with van der Waals surface area (Å²) in [4.78, 5) is 28.4. The molecule has 0 radical (unpaired) electrons. The van der Waals surface area contributed by atoms with Crippen LogP contribution in [-0.2, 0) is 4.74 Å². The molecule has 27 heavy (non-hydrogen) atoms. The molecule has 0 spiro atoms. The van der Waals surface area contributed by atoms with Crippen molar-refractivity contribution in [3.8, 4) is 0 Å². The van der Waals surface area contributed by atoms with Gasteiger partial charge in [0.2, 0.25) is 0 Å². The highest BCUT2D eigenvalue weighted by molar-refractivity contribution is 6.15. The molecule has 2 aromatic carbocycles. The molecular weight excluding hydrogens is 342 g/mol. The lowest BCUT2D eigenvalue weighted by atomic mass is 10.1. The molecule has 3 N–H and O–H groups in total. The molecule has 0 aliphatic heterocycles. The van der Waals surface area contributed by atoms with Gasteiger partial charge in [-0.2, -0.15) is 0 Å². The molecule has 1 aromatic heterocycles. The van der Waals surface area contributed by atoms with Gasteiger partial charge in [0.1, 0.15) is 5.69 Å². The Morgan fingerprint density at radius 3 is 2.41 bits per heavy atom. The number of hydrogen-bond donors (Lipinski definition) is 3. The van der Waals surface area contributed by atoms with Crippen molar-refractivity contribution >= 4 is 28.4 Å². The number of H-pyrrole nitrogens is 1. The molecule has 2 amide bonds. The van der Waals surface area contributed by atoms with E-state index in [4.69, 9.17) is 4.74 Å². The van der Waals surface area contributed by atoms with Crippen LogP contribution in [0.3, 0.4) is 0 Å². The Kier molecular flexibility index (Phi) is 5.57. The van der Waals surface area contributed by atoms with Gasteiger partial charge >= 0.3 is 0 Å². The smallest absolute Gasteiger partial charge is 0.269 e. The molecule has 140 valence electrons. The summed E-state index contributed by atoms with van der Waals surface area (Å²) < 4.78 is 4.97. The molecule has 3 rings (SSSR count). The zero-order valence-corrected chi connectivity index (χ0v) is 15.7. The van der Waals surface area contributed by atoms with E-state index in [0.717, 1.165) is 22.0 Å². The Bertz CT molecular complexity index is 974. The standard InChI is InChI=1S/C21H23N3O3/c1-13-4-7-15(8-5-13)20(25)24-18-16-12-14(2)6-9-17(16)23-19(18)21(26)22-10-11-27-3/h4-9,12,23H,10-11H2,1-3H3,(H,22,26)(H,24,25). The minimum atomic E-state index is -0.292. The predicted molar refractivity (Wildman–Crippen MR) is 106 cm³/mol. The molecule has 6 nitrogen and oxygen atoms in total. The van der Waals surface area contributed by atoms with Gasteiger partial charge in [-0.25, -0.2) is 0 Å². The summed E-state index contributed by atoms with van der Waals surface area (Å²) in [5.74, 6) is -0.552. The van der Waals surface area contributed by atoms with Crippen LogP contribution in [0.4, 0.5) is 5.69 Å². The van der Waals surface area contributed by atoms with E-state index in [-0.39, 0.29) is 11.8 Å². The van der Waals surface area contributed by atoms with E-state index in [9.17, 15) is 9.59 Å². The maximum atomic E-state index is 12.7. The van der Waals surface area contributed by atoms with Gasteiger partial charge in [0.05, 0.1) is 12.3 Å².